The molecular weight excluding hydrogens is 270 g/mol. The van der Waals surface area contributed by atoms with Gasteiger partial charge in [0.25, 0.3) is 0 Å². The van der Waals surface area contributed by atoms with Crippen molar-refractivity contribution in [3.63, 3.8) is 0 Å². The summed E-state index contributed by atoms with van der Waals surface area (Å²) in [5.41, 5.74) is 3.83. The number of nitrogens with zero attached hydrogens (tertiary/aromatic N) is 1. The van der Waals surface area contributed by atoms with Crippen molar-refractivity contribution in [2.24, 2.45) is 0 Å². The lowest BCUT2D eigenvalue weighted by atomic mass is 10.1. The first-order valence-corrected chi connectivity index (χ1v) is 7.64. The normalized spacial score (nSPS) is 13.2. The number of aromatic carboxylic acids is 1. The van der Waals surface area contributed by atoms with Gasteiger partial charge in [0.15, 0.2) is 5.69 Å². The third-order valence-corrected chi connectivity index (χ3v) is 4.60. The maximum absolute atomic E-state index is 11.1. The zero-order valence-corrected chi connectivity index (χ0v) is 11.8. The van der Waals surface area contributed by atoms with Gasteiger partial charge >= 0.3 is 5.97 Å². The molecule has 1 aliphatic rings. The van der Waals surface area contributed by atoms with Gasteiger partial charge in [-0.15, -0.1) is 11.8 Å². The predicted molar refractivity (Wildman–Crippen MR) is 79.2 cm³/mol. The SMILES string of the molecule is O=C(O)c1ncccc1CSc1ccc2c(c1)CCC2. The molecule has 1 aromatic heterocycles. The Morgan fingerprint density at radius 3 is 2.95 bits per heavy atom. The van der Waals surface area contributed by atoms with E-state index in [-0.39, 0.29) is 5.69 Å². The Kier molecular flexibility index (Phi) is 3.74. The minimum atomic E-state index is -0.963. The molecule has 1 heterocycles. The van der Waals surface area contributed by atoms with Crippen molar-refractivity contribution in [2.75, 3.05) is 0 Å². The number of thioether (sulfide) groups is 1. The lowest BCUT2D eigenvalue weighted by Crippen LogP contribution is -2.04. The summed E-state index contributed by atoms with van der Waals surface area (Å²) < 4.78 is 0. The second-order valence-electron chi connectivity index (χ2n) is 4.89. The molecule has 3 rings (SSSR count). The van der Waals surface area contributed by atoms with Crippen LogP contribution in [0.2, 0.25) is 0 Å². The predicted octanol–water partition coefficient (Wildman–Crippen LogP) is 3.56. The minimum Gasteiger partial charge on any atom is -0.477 e. The molecule has 0 spiro atoms. The fraction of sp³-hybridized carbons (Fsp3) is 0.250. The highest BCUT2D eigenvalue weighted by Gasteiger charge is 2.13. The number of aromatic nitrogens is 1. The van der Waals surface area contributed by atoms with E-state index in [1.54, 1.807) is 17.8 Å². The molecule has 0 aliphatic heterocycles. The van der Waals surface area contributed by atoms with Crippen LogP contribution in [0, 0.1) is 0 Å². The fourth-order valence-electron chi connectivity index (χ4n) is 2.55. The van der Waals surface area contributed by atoms with Crippen LogP contribution < -0.4 is 0 Å². The third kappa shape index (κ3) is 2.70. The molecule has 0 fully saturated rings. The molecule has 1 aromatic carbocycles. The molecule has 0 atom stereocenters. The molecule has 0 bridgehead atoms. The highest BCUT2D eigenvalue weighted by atomic mass is 32.2. The molecule has 102 valence electrons. The zero-order chi connectivity index (χ0) is 13.9. The van der Waals surface area contributed by atoms with Gasteiger partial charge in [0.05, 0.1) is 0 Å². The summed E-state index contributed by atoms with van der Waals surface area (Å²) in [5, 5.41) is 9.12. The van der Waals surface area contributed by atoms with Crippen LogP contribution in [0.5, 0.6) is 0 Å². The van der Waals surface area contributed by atoms with E-state index in [2.05, 4.69) is 23.2 Å². The minimum absolute atomic E-state index is 0.154. The standard InChI is InChI=1S/C16H15NO2S/c18-16(19)15-13(5-2-8-17-15)10-20-14-7-6-11-3-1-4-12(11)9-14/h2,5-9H,1,3-4,10H2,(H,18,19). The topological polar surface area (TPSA) is 50.2 Å². The van der Waals surface area contributed by atoms with Gasteiger partial charge in [-0.1, -0.05) is 12.1 Å². The number of rotatable bonds is 4. The molecule has 0 unspecified atom stereocenters. The Morgan fingerprint density at radius 1 is 1.25 bits per heavy atom. The van der Waals surface area contributed by atoms with Crippen molar-refractivity contribution in [2.45, 2.75) is 29.9 Å². The first kappa shape index (κ1) is 13.2. The van der Waals surface area contributed by atoms with E-state index >= 15 is 0 Å². The van der Waals surface area contributed by atoms with Crippen LogP contribution in [-0.2, 0) is 18.6 Å². The molecular formula is C16H15NO2S. The van der Waals surface area contributed by atoms with E-state index in [0.29, 0.717) is 5.75 Å². The molecule has 0 saturated heterocycles. The largest absolute Gasteiger partial charge is 0.477 e. The van der Waals surface area contributed by atoms with E-state index in [1.165, 1.54) is 35.1 Å². The Hall–Kier alpha value is -1.81. The maximum Gasteiger partial charge on any atom is 0.354 e. The lowest BCUT2D eigenvalue weighted by molar-refractivity contribution is 0.0689. The number of carboxylic acids is 1. The van der Waals surface area contributed by atoms with E-state index in [9.17, 15) is 4.79 Å². The van der Waals surface area contributed by atoms with E-state index < -0.39 is 5.97 Å². The van der Waals surface area contributed by atoms with Crippen molar-refractivity contribution >= 4 is 17.7 Å². The van der Waals surface area contributed by atoms with Gasteiger partial charge in [-0.2, -0.15) is 0 Å². The molecule has 1 N–H and O–H groups in total. The first-order chi connectivity index (χ1) is 9.74. The summed E-state index contributed by atoms with van der Waals surface area (Å²) in [5.74, 6) is -0.330. The number of hydrogen-bond acceptors (Lipinski definition) is 3. The molecule has 0 saturated carbocycles. The number of aryl methyl sites for hydroxylation is 2. The van der Waals surface area contributed by atoms with Crippen molar-refractivity contribution in [1.82, 2.24) is 4.98 Å². The highest BCUT2D eigenvalue weighted by Crippen LogP contribution is 2.29. The second kappa shape index (κ2) is 5.67. The van der Waals surface area contributed by atoms with Gasteiger partial charge < -0.3 is 5.11 Å². The number of carbonyl (C=O) groups is 1. The monoisotopic (exact) mass is 285 g/mol. The smallest absolute Gasteiger partial charge is 0.354 e. The van der Waals surface area contributed by atoms with Gasteiger partial charge in [0.2, 0.25) is 0 Å². The molecule has 2 aromatic rings. The number of carboxylic acid groups (broad SMARTS) is 1. The Balaban J connectivity index is 1.75. The van der Waals surface area contributed by atoms with Crippen LogP contribution in [0.15, 0.2) is 41.4 Å². The zero-order valence-electron chi connectivity index (χ0n) is 11.0. The lowest BCUT2D eigenvalue weighted by Gasteiger charge is -2.06. The molecule has 0 amide bonds. The molecule has 20 heavy (non-hydrogen) atoms. The van der Waals surface area contributed by atoms with Crippen LogP contribution in [0.4, 0.5) is 0 Å². The highest BCUT2D eigenvalue weighted by molar-refractivity contribution is 7.98. The van der Waals surface area contributed by atoms with Gasteiger partial charge in [-0.3, -0.25) is 0 Å². The fourth-order valence-corrected chi connectivity index (χ4v) is 3.49. The molecule has 0 radical (unpaired) electrons. The molecule has 3 nitrogen and oxygen atoms in total. The van der Waals surface area contributed by atoms with Crippen LogP contribution in [0.3, 0.4) is 0 Å². The average molecular weight is 285 g/mol. The van der Waals surface area contributed by atoms with E-state index in [0.717, 1.165) is 12.0 Å². The van der Waals surface area contributed by atoms with Gasteiger partial charge in [0.1, 0.15) is 0 Å². The summed E-state index contributed by atoms with van der Waals surface area (Å²) in [6, 6.07) is 10.2. The summed E-state index contributed by atoms with van der Waals surface area (Å²) >= 11 is 1.67. The number of benzene rings is 1. The quantitative estimate of drug-likeness (QED) is 0.873. The summed E-state index contributed by atoms with van der Waals surface area (Å²) in [7, 11) is 0. The van der Waals surface area contributed by atoms with E-state index in [4.69, 9.17) is 5.11 Å². The van der Waals surface area contributed by atoms with Crippen molar-refractivity contribution in [3.8, 4) is 0 Å². The number of pyridine rings is 1. The number of hydrogen-bond donors (Lipinski definition) is 1. The third-order valence-electron chi connectivity index (χ3n) is 3.56. The molecule has 4 heteroatoms. The van der Waals surface area contributed by atoms with Crippen LogP contribution in [-0.4, -0.2) is 16.1 Å². The Morgan fingerprint density at radius 2 is 2.10 bits per heavy atom. The van der Waals surface area contributed by atoms with E-state index in [1.807, 2.05) is 6.07 Å². The summed E-state index contributed by atoms with van der Waals surface area (Å²) in [4.78, 5) is 16.2. The van der Waals surface area contributed by atoms with Crippen molar-refractivity contribution in [3.05, 3.63) is 58.9 Å². The van der Waals surface area contributed by atoms with Crippen molar-refractivity contribution in [1.29, 1.82) is 0 Å². The van der Waals surface area contributed by atoms with Gasteiger partial charge in [-0.05, 0) is 54.2 Å². The van der Waals surface area contributed by atoms with Crippen LogP contribution in [0.1, 0.15) is 33.6 Å². The molecule has 1 aliphatic carbocycles. The van der Waals surface area contributed by atoms with Crippen molar-refractivity contribution < 1.29 is 9.90 Å². The summed E-state index contributed by atoms with van der Waals surface area (Å²) in [6.45, 7) is 0. The summed E-state index contributed by atoms with van der Waals surface area (Å²) in [6.07, 6.45) is 5.12. The second-order valence-corrected chi connectivity index (χ2v) is 5.94. The van der Waals surface area contributed by atoms with Crippen LogP contribution in [0.25, 0.3) is 0 Å². The maximum atomic E-state index is 11.1. The Labute approximate surface area is 122 Å². The average Bonchev–Trinajstić information content (AvgIpc) is 2.92. The van der Waals surface area contributed by atoms with Crippen LogP contribution >= 0.6 is 11.8 Å². The van der Waals surface area contributed by atoms with Gasteiger partial charge in [0, 0.05) is 16.8 Å². The van der Waals surface area contributed by atoms with Gasteiger partial charge in [-0.25, -0.2) is 9.78 Å². The number of fused-ring (bicyclic) bond motifs is 1. The first-order valence-electron chi connectivity index (χ1n) is 6.66. The Bertz CT molecular complexity index is 655.